The van der Waals surface area contributed by atoms with Gasteiger partial charge in [0.15, 0.2) is 5.82 Å². The van der Waals surface area contributed by atoms with Gasteiger partial charge in [0.25, 0.3) is 0 Å². The van der Waals surface area contributed by atoms with Crippen molar-refractivity contribution in [2.45, 2.75) is 38.1 Å². The maximum Gasteiger partial charge on any atom is 0.232 e. The number of piperidine rings is 1. The molecule has 2 saturated heterocycles. The van der Waals surface area contributed by atoms with Crippen LogP contribution in [0.1, 0.15) is 42.5 Å². The number of aromatic nitrogens is 3. The van der Waals surface area contributed by atoms with Crippen LogP contribution in [0.4, 0.5) is 0 Å². The second-order valence-electron chi connectivity index (χ2n) is 7.54. The Balaban J connectivity index is 1.35. The summed E-state index contributed by atoms with van der Waals surface area (Å²) in [5, 5.41) is 4.17. The number of amides is 1. The smallest absolute Gasteiger partial charge is 0.232 e. The van der Waals surface area contributed by atoms with Gasteiger partial charge in [-0.15, -0.1) is 0 Å². The van der Waals surface area contributed by atoms with Gasteiger partial charge in [0.05, 0.1) is 5.92 Å². The molecule has 0 N–H and O–H groups in total. The van der Waals surface area contributed by atoms with E-state index in [2.05, 4.69) is 27.1 Å². The van der Waals surface area contributed by atoms with Crippen LogP contribution < -0.4 is 0 Å². The predicted octanol–water partition coefficient (Wildman–Crippen LogP) is 1.86. The van der Waals surface area contributed by atoms with Crippen LogP contribution in [-0.4, -0.2) is 57.5 Å². The maximum atomic E-state index is 12.3. The molecule has 0 radical (unpaired) electrons. The molecule has 4 rings (SSSR count). The second kappa shape index (κ2) is 7.53. The van der Waals surface area contributed by atoms with E-state index in [1.54, 1.807) is 12.4 Å². The van der Waals surface area contributed by atoms with Crippen molar-refractivity contribution >= 4 is 5.91 Å². The number of likely N-dealkylation sites (tertiary alicyclic amines) is 2. The standard InChI is InChI=1S/C19H25N5O2/c1-23-7-4-14(5-8-23)9-17-21-19(26-22-17)16-10-18(25)24(13-16)12-15-3-2-6-20-11-15/h2-3,6,11,14,16H,4-5,7-10,12-13H2,1H3/t16-/m1/s1. The van der Waals surface area contributed by atoms with Crippen molar-refractivity contribution in [1.82, 2.24) is 24.9 Å². The molecule has 0 aliphatic carbocycles. The van der Waals surface area contributed by atoms with Gasteiger partial charge >= 0.3 is 0 Å². The Kier molecular flexibility index (Phi) is 4.97. The van der Waals surface area contributed by atoms with Crippen LogP contribution in [0.2, 0.25) is 0 Å². The first-order valence-electron chi connectivity index (χ1n) is 9.35. The van der Waals surface area contributed by atoms with Crippen molar-refractivity contribution in [3.05, 3.63) is 41.8 Å². The van der Waals surface area contributed by atoms with Crippen LogP contribution in [0.3, 0.4) is 0 Å². The summed E-state index contributed by atoms with van der Waals surface area (Å²) in [6.07, 6.45) is 7.21. The summed E-state index contributed by atoms with van der Waals surface area (Å²) in [7, 11) is 2.16. The summed E-state index contributed by atoms with van der Waals surface area (Å²) in [5.41, 5.74) is 1.04. The summed E-state index contributed by atoms with van der Waals surface area (Å²) >= 11 is 0. The summed E-state index contributed by atoms with van der Waals surface area (Å²) in [4.78, 5) is 25.2. The van der Waals surface area contributed by atoms with Gasteiger partial charge in [-0.3, -0.25) is 9.78 Å². The molecule has 2 aliphatic rings. The van der Waals surface area contributed by atoms with E-state index >= 15 is 0 Å². The molecule has 4 heterocycles. The zero-order valence-electron chi connectivity index (χ0n) is 15.2. The number of pyridine rings is 1. The third-order valence-corrected chi connectivity index (χ3v) is 5.45. The lowest BCUT2D eigenvalue weighted by atomic mass is 9.93. The van der Waals surface area contributed by atoms with Crippen LogP contribution in [0.5, 0.6) is 0 Å². The largest absolute Gasteiger partial charge is 0.339 e. The third-order valence-electron chi connectivity index (χ3n) is 5.45. The van der Waals surface area contributed by atoms with Crippen molar-refractivity contribution in [2.24, 2.45) is 5.92 Å². The first-order valence-corrected chi connectivity index (χ1v) is 9.35. The van der Waals surface area contributed by atoms with Crippen molar-refractivity contribution in [3.8, 4) is 0 Å². The predicted molar refractivity (Wildman–Crippen MR) is 95.2 cm³/mol. The number of carbonyl (C=O) groups is 1. The fraction of sp³-hybridized carbons (Fsp3) is 0.579. The van der Waals surface area contributed by atoms with E-state index in [4.69, 9.17) is 4.52 Å². The highest BCUT2D eigenvalue weighted by Crippen LogP contribution is 2.29. The molecule has 26 heavy (non-hydrogen) atoms. The number of hydrogen-bond donors (Lipinski definition) is 0. The fourth-order valence-corrected chi connectivity index (χ4v) is 3.84. The number of rotatable bonds is 5. The normalized spacial score (nSPS) is 22.3. The Morgan fingerprint density at radius 1 is 1.31 bits per heavy atom. The highest BCUT2D eigenvalue weighted by molar-refractivity contribution is 5.79. The SMILES string of the molecule is CN1CCC(Cc2noc([C@@H]3CC(=O)N(Cc4cccnc4)C3)n2)CC1. The molecular weight excluding hydrogens is 330 g/mol. The molecule has 0 saturated carbocycles. The zero-order valence-corrected chi connectivity index (χ0v) is 15.2. The van der Waals surface area contributed by atoms with Crippen LogP contribution in [0.25, 0.3) is 0 Å². The van der Waals surface area contributed by atoms with Gasteiger partial charge in [0.2, 0.25) is 11.8 Å². The van der Waals surface area contributed by atoms with Gasteiger partial charge in [-0.05, 0) is 50.5 Å². The molecule has 2 fully saturated rings. The molecule has 0 unspecified atom stereocenters. The molecule has 1 atom stereocenters. The minimum absolute atomic E-state index is 0.00193. The number of hydrogen-bond acceptors (Lipinski definition) is 6. The first kappa shape index (κ1) is 17.1. The lowest BCUT2D eigenvalue weighted by Crippen LogP contribution is -2.31. The molecule has 7 nitrogen and oxygen atoms in total. The summed E-state index contributed by atoms with van der Waals surface area (Å²) in [5.74, 6) is 2.15. The topological polar surface area (TPSA) is 75.4 Å². The minimum Gasteiger partial charge on any atom is -0.339 e. The Morgan fingerprint density at radius 2 is 2.15 bits per heavy atom. The zero-order chi connectivity index (χ0) is 17.9. The van der Waals surface area contributed by atoms with Gasteiger partial charge in [0.1, 0.15) is 0 Å². The van der Waals surface area contributed by atoms with Gasteiger partial charge < -0.3 is 14.3 Å². The lowest BCUT2D eigenvalue weighted by molar-refractivity contribution is -0.128. The molecule has 2 aromatic rings. The van der Waals surface area contributed by atoms with Gasteiger partial charge in [0, 0.05) is 38.3 Å². The van der Waals surface area contributed by atoms with Crippen molar-refractivity contribution in [3.63, 3.8) is 0 Å². The number of carbonyl (C=O) groups excluding carboxylic acids is 1. The molecule has 2 aliphatic heterocycles. The third kappa shape index (κ3) is 3.93. The molecular formula is C19H25N5O2. The average molecular weight is 355 g/mol. The molecule has 0 bridgehead atoms. The molecule has 7 heteroatoms. The van der Waals surface area contributed by atoms with Crippen LogP contribution in [-0.2, 0) is 17.8 Å². The Bertz CT molecular complexity index is 739. The minimum atomic E-state index is -0.00193. The number of nitrogens with zero attached hydrogens (tertiary/aromatic N) is 5. The van der Waals surface area contributed by atoms with Gasteiger partial charge in [-0.2, -0.15) is 4.98 Å². The second-order valence-corrected chi connectivity index (χ2v) is 7.54. The molecule has 1 amide bonds. The van der Waals surface area contributed by atoms with E-state index in [1.165, 1.54) is 12.8 Å². The average Bonchev–Trinajstić information content (AvgIpc) is 3.25. The highest BCUT2D eigenvalue weighted by atomic mass is 16.5. The monoisotopic (exact) mass is 355 g/mol. The van der Waals surface area contributed by atoms with E-state index in [0.29, 0.717) is 31.3 Å². The summed E-state index contributed by atoms with van der Waals surface area (Å²) in [6, 6.07) is 3.88. The molecule has 0 spiro atoms. The molecule has 138 valence electrons. The first-order chi connectivity index (χ1) is 12.7. The molecule has 2 aromatic heterocycles. The van der Waals surface area contributed by atoms with Crippen molar-refractivity contribution in [2.75, 3.05) is 26.7 Å². The Morgan fingerprint density at radius 3 is 2.92 bits per heavy atom. The fourth-order valence-electron chi connectivity index (χ4n) is 3.84. The van der Waals surface area contributed by atoms with E-state index in [0.717, 1.165) is 30.9 Å². The summed E-state index contributed by atoms with van der Waals surface area (Å²) in [6.45, 7) is 3.48. The van der Waals surface area contributed by atoms with E-state index < -0.39 is 0 Å². The van der Waals surface area contributed by atoms with Crippen LogP contribution in [0, 0.1) is 5.92 Å². The van der Waals surface area contributed by atoms with Crippen LogP contribution in [0.15, 0.2) is 29.0 Å². The summed E-state index contributed by atoms with van der Waals surface area (Å²) < 4.78 is 5.50. The van der Waals surface area contributed by atoms with Crippen molar-refractivity contribution in [1.29, 1.82) is 0 Å². The van der Waals surface area contributed by atoms with E-state index in [1.807, 2.05) is 17.0 Å². The van der Waals surface area contributed by atoms with Gasteiger partial charge in [-0.25, -0.2) is 0 Å². The Labute approximate surface area is 153 Å². The van der Waals surface area contributed by atoms with Crippen LogP contribution >= 0.6 is 0 Å². The van der Waals surface area contributed by atoms with Crippen molar-refractivity contribution < 1.29 is 9.32 Å². The van der Waals surface area contributed by atoms with E-state index in [9.17, 15) is 4.79 Å². The highest BCUT2D eigenvalue weighted by Gasteiger charge is 2.34. The van der Waals surface area contributed by atoms with Gasteiger partial charge in [-0.1, -0.05) is 11.2 Å². The lowest BCUT2D eigenvalue weighted by Gasteiger charge is -2.28. The Hall–Kier alpha value is -2.28. The molecule has 0 aromatic carbocycles. The quantitative estimate of drug-likeness (QED) is 0.815. The maximum absolute atomic E-state index is 12.3. The van der Waals surface area contributed by atoms with E-state index in [-0.39, 0.29) is 11.8 Å².